The summed E-state index contributed by atoms with van der Waals surface area (Å²) in [7, 11) is 1.63. The van der Waals surface area contributed by atoms with Gasteiger partial charge in [0.15, 0.2) is 0 Å². The third-order valence-electron chi connectivity index (χ3n) is 3.31. The number of aromatic nitrogens is 1. The Morgan fingerprint density at radius 2 is 2.04 bits per heavy atom. The van der Waals surface area contributed by atoms with Gasteiger partial charge in [0.1, 0.15) is 23.0 Å². The lowest BCUT2D eigenvalue weighted by molar-refractivity contribution is 0.102. The van der Waals surface area contributed by atoms with Crippen molar-refractivity contribution in [1.29, 1.82) is 0 Å². The monoisotopic (exact) mass is 340 g/mol. The van der Waals surface area contributed by atoms with Gasteiger partial charge in [0.25, 0.3) is 5.91 Å². The van der Waals surface area contributed by atoms with Crippen LogP contribution in [0.5, 0.6) is 11.5 Å². The number of thiophene rings is 1. The number of ether oxygens (including phenoxy) is 2. The number of rotatable bonds is 6. The van der Waals surface area contributed by atoms with Crippen LogP contribution in [-0.2, 0) is 6.61 Å². The molecule has 0 saturated heterocycles. The maximum Gasteiger partial charge on any atom is 0.269 e. The maximum absolute atomic E-state index is 12.4. The maximum atomic E-state index is 12.4. The van der Waals surface area contributed by atoms with Crippen LogP contribution in [0.3, 0.4) is 0 Å². The number of carbonyl (C=O) groups excluding carboxylic acids is 1. The highest BCUT2D eigenvalue weighted by Crippen LogP contribution is 2.27. The van der Waals surface area contributed by atoms with Crippen molar-refractivity contribution in [3.8, 4) is 11.5 Å². The predicted octanol–water partition coefficient (Wildman–Crippen LogP) is 3.98. The molecular weight excluding hydrogens is 324 g/mol. The van der Waals surface area contributed by atoms with Gasteiger partial charge in [-0.3, -0.25) is 9.78 Å². The topological polar surface area (TPSA) is 60.5 Å². The fraction of sp³-hybridized carbons (Fsp3) is 0.111. The Balaban J connectivity index is 1.65. The molecule has 1 aromatic carbocycles. The molecule has 0 bridgehead atoms. The summed E-state index contributed by atoms with van der Waals surface area (Å²) in [6.45, 7) is 0.383. The first-order chi connectivity index (χ1) is 11.8. The molecular formula is C18H16N2O3S. The van der Waals surface area contributed by atoms with Crippen LogP contribution >= 0.6 is 11.3 Å². The molecule has 0 spiro atoms. The second kappa shape index (κ2) is 7.61. The normalized spacial score (nSPS) is 10.2. The zero-order valence-corrected chi connectivity index (χ0v) is 13.9. The summed E-state index contributed by atoms with van der Waals surface area (Å²) in [6.07, 6.45) is 3.26. The zero-order chi connectivity index (χ0) is 16.8. The first kappa shape index (κ1) is 16.0. The lowest BCUT2D eigenvalue weighted by Crippen LogP contribution is -2.11. The third-order valence-corrected chi connectivity index (χ3v) is 4.20. The van der Waals surface area contributed by atoms with Crippen molar-refractivity contribution in [2.75, 3.05) is 12.4 Å². The molecule has 2 heterocycles. The van der Waals surface area contributed by atoms with Gasteiger partial charge in [0.05, 0.1) is 19.0 Å². The van der Waals surface area contributed by atoms with Gasteiger partial charge < -0.3 is 14.8 Å². The molecule has 0 aliphatic carbocycles. The molecule has 0 saturated carbocycles. The summed E-state index contributed by atoms with van der Waals surface area (Å²) in [6, 6.07) is 13.0. The highest BCUT2D eigenvalue weighted by atomic mass is 32.1. The number of pyridine rings is 1. The van der Waals surface area contributed by atoms with Gasteiger partial charge in [0, 0.05) is 6.20 Å². The number of carbonyl (C=O) groups is 1. The quantitative estimate of drug-likeness (QED) is 0.737. The van der Waals surface area contributed by atoms with E-state index in [1.54, 1.807) is 37.7 Å². The molecule has 0 atom stereocenters. The lowest BCUT2D eigenvalue weighted by atomic mass is 10.2. The summed E-state index contributed by atoms with van der Waals surface area (Å²) in [5, 5.41) is 4.65. The Morgan fingerprint density at radius 3 is 2.75 bits per heavy atom. The van der Waals surface area contributed by atoms with E-state index in [-0.39, 0.29) is 5.91 Å². The fourth-order valence-electron chi connectivity index (χ4n) is 2.08. The number of methoxy groups -OCH3 is 1. The van der Waals surface area contributed by atoms with Gasteiger partial charge in [-0.1, -0.05) is 12.1 Å². The molecule has 0 aliphatic heterocycles. The van der Waals surface area contributed by atoms with E-state index in [9.17, 15) is 4.79 Å². The SMILES string of the molecule is COc1ccc(COc2ccsc2C(=O)Nc2cccnc2)cc1. The fourth-order valence-corrected chi connectivity index (χ4v) is 2.81. The van der Waals surface area contributed by atoms with Gasteiger partial charge >= 0.3 is 0 Å². The predicted molar refractivity (Wildman–Crippen MR) is 93.8 cm³/mol. The number of anilines is 1. The molecule has 0 unspecified atom stereocenters. The van der Waals surface area contributed by atoms with Gasteiger partial charge in [-0.25, -0.2) is 0 Å². The molecule has 3 rings (SSSR count). The average molecular weight is 340 g/mol. The standard InChI is InChI=1S/C18H16N2O3S/c1-22-15-6-4-13(5-7-15)12-23-16-8-10-24-17(16)18(21)20-14-3-2-9-19-11-14/h2-11H,12H2,1H3,(H,20,21). The number of benzene rings is 1. The molecule has 1 amide bonds. The second-order valence-corrected chi connectivity index (χ2v) is 5.86. The van der Waals surface area contributed by atoms with Gasteiger partial charge in [-0.2, -0.15) is 0 Å². The Labute approximate surface area is 143 Å². The summed E-state index contributed by atoms with van der Waals surface area (Å²) in [5.74, 6) is 1.16. The van der Waals surface area contributed by atoms with Crippen LogP contribution in [0.25, 0.3) is 0 Å². The molecule has 24 heavy (non-hydrogen) atoms. The van der Waals surface area contributed by atoms with Crippen LogP contribution in [0.4, 0.5) is 5.69 Å². The van der Waals surface area contributed by atoms with Gasteiger partial charge in [0.2, 0.25) is 0 Å². The van der Waals surface area contributed by atoms with Crippen molar-refractivity contribution < 1.29 is 14.3 Å². The molecule has 0 radical (unpaired) electrons. The van der Waals surface area contributed by atoms with Crippen LogP contribution < -0.4 is 14.8 Å². The minimum atomic E-state index is -0.206. The molecule has 2 aromatic heterocycles. The van der Waals surface area contributed by atoms with E-state index in [2.05, 4.69) is 10.3 Å². The molecule has 0 fully saturated rings. The van der Waals surface area contributed by atoms with E-state index >= 15 is 0 Å². The molecule has 122 valence electrons. The number of nitrogens with zero attached hydrogens (tertiary/aromatic N) is 1. The highest BCUT2D eigenvalue weighted by Gasteiger charge is 2.15. The molecule has 3 aromatic rings. The minimum absolute atomic E-state index is 0.206. The highest BCUT2D eigenvalue weighted by molar-refractivity contribution is 7.12. The van der Waals surface area contributed by atoms with Crippen LogP contribution in [0.1, 0.15) is 15.2 Å². The Morgan fingerprint density at radius 1 is 1.21 bits per heavy atom. The van der Waals surface area contributed by atoms with Gasteiger partial charge in [-0.05, 0) is 41.3 Å². The third kappa shape index (κ3) is 3.91. The number of hydrogen-bond donors (Lipinski definition) is 1. The zero-order valence-electron chi connectivity index (χ0n) is 13.1. The van der Waals surface area contributed by atoms with E-state index in [4.69, 9.17) is 9.47 Å². The smallest absolute Gasteiger partial charge is 0.269 e. The summed E-state index contributed by atoms with van der Waals surface area (Å²) >= 11 is 1.34. The summed E-state index contributed by atoms with van der Waals surface area (Å²) < 4.78 is 10.9. The average Bonchev–Trinajstić information content (AvgIpc) is 3.10. The Bertz CT molecular complexity index is 801. The van der Waals surface area contributed by atoms with Crippen LogP contribution in [-0.4, -0.2) is 18.0 Å². The van der Waals surface area contributed by atoms with E-state index in [0.29, 0.717) is 22.9 Å². The number of nitrogens with one attached hydrogen (secondary N) is 1. The van der Waals surface area contributed by atoms with E-state index in [1.807, 2.05) is 29.6 Å². The molecule has 1 N–H and O–H groups in total. The van der Waals surface area contributed by atoms with Crippen molar-refractivity contribution in [3.05, 3.63) is 70.7 Å². The van der Waals surface area contributed by atoms with Crippen LogP contribution in [0, 0.1) is 0 Å². The van der Waals surface area contributed by atoms with Crippen LogP contribution in [0.15, 0.2) is 60.2 Å². The van der Waals surface area contributed by atoms with Crippen molar-refractivity contribution >= 4 is 22.9 Å². The molecule has 5 nitrogen and oxygen atoms in total. The van der Waals surface area contributed by atoms with E-state index in [1.165, 1.54) is 11.3 Å². The summed E-state index contributed by atoms with van der Waals surface area (Å²) in [5.41, 5.74) is 1.65. The van der Waals surface area contributed by atoms with Crippen molar-refractivity contribution in [3.63, 3.8) is 0 Å². The molecule has 0 aliphatic rings. The summed E-state index contributed by atoms with van der Waals surface area (Å²) in [4.78, 5) is 16.9. The number of amides is 1. The van der Waals surface area contributed by atoms with Crippen molar-refractivity contribution in [2.45, 2.75) is 6.61 Å². The minimum Gasteiger partial charge on any atom is -0.497 e. The number of hydrogen-bond acceptors (Lipinski definition) is 5. The van der Waals surface area contributed by atoms with Crippen molar-refractivity contribution in [1.82, 2.24) is 4.98 Å². The van der Waals surface area contributed by atoms with E-state index < -0.39 is 0 Å². The van der Waals surface area contributed by atoms with Gasteiger partial charge in [-0.15, -0.1) is 11.3 Å². The first-order valence-corrected chi connectivity index (χ1v) is 8.19. The largest absolute Gasteiger partial charge is 0.497 e. The first-order valence-electron chi connectivity index (χ1n) is 7.31. The van der Waals surface area contributed by atoms with E-state index in [0.717, 1.165) is 11.3 Å². The Hall–Kier alpha value is -2.86. The second-order valence-electron chi connectivity index (χ2n) is 4.95. The molecule has 6 heteroatoms. The van der Waals surface area contributed by atoms with Crippen LogP contribution in [0.2, 0.25) is 0 Å². The van der Waals surface area contributed by atoms with Crippen molar-refractivity contribution in [2.24, 2.45) is 0 Å². The Kier molecular flexibility index (Phi) is 5.08. The lowest BCUT2D eigenvalue weighted by Gasteiger charge is -2.08.